The predicted molar refractivity (Wildman–Crippen MR) is 120 cm³/mol. The average Bonchev–Trinajstić information content (AvgIpc) is 2.60. The molecular formula is C23H32N2O3S. The van der Waals surface area contributed by atoms with Gasteiger partial charge in [-0.05, 0) is 75.4 Å². The number of nitrogens with one attached hydrogen (secondary N) is 1. The molecule has 0 heterocycles. The van der Waals surface area contributed by atoms with E-state index < -0.39 is 10.0 Å². The highest BCUT2D eigenvalue weighted by molar-refractivity contribution is 7.92. The Balaban J connectivity index is 1.98. The fourth-order valence-electron chi connectivity index (χ4n) is 3.45. The van der Waals surface area contributed by atoms with Gasteiger partial charge in [0.25, 0.3) is 0 Å². The van der Waals surface area contributed by atoms with Crippen LogP contribution in [0.1, 0.15) is 53.6 Å². The first kappa shape index (κ1) is 22.9. The van der Waals surface area contributed by atoms with E-state index in [9.17, 15) is 13.2 Å². The highest BCUT2D eigenvalue weighted by Crippen LogP contribution is 2.22. The van der Waals surface area contributed by atoms with Crippen molar-refractivity contribution in [3.63, 3.8) is 0 Å². The fraction of sp³-hybridized carbons (Fsp3) is 0.435. The molecule has 0 bridgehead atoms. The Bertz CT molecular complexity index is 984. The second kappa shape index (κ2) is 9.44. The molecule has 0 aliphatic heterocycles. The number of carbonyl (C=O) groups is 1. The summed E-state index contributed by atoms with van der Waals surface area (Å²) in [6, 6.07) is 11.7. The largest absolute Gasteiger partial charge is 0.350 e. The number of aryl methyl sites for hydroxylation is 4. The molecule has 2 rings (SSSR count). The van der Waals surface area contributed by atoms with Crippen LogP contribution in [0, 0.1) is 27.7 Å². The third-order valence-electron chi connectivity index (χ3n) is 5.21. The van der Waals surface area contributed by atoms with Crippen LogP contribution in [0.3, 0.4) is 0 Å². The number of amides is 1. The molecule has 6 heteroatoms. The molecule has 0 saturated heterocycles. The molecule has 0 aromatic heterocycles. The summed E-state index contributed by atoms with van der Waals surface area (Å²) < 4.78 is 25.9. The maximum absolute atomic E-state index is 12.4. The third kappa shape index (κ3) is 6.32. The van der Waals surface area contributed by atoms with Crippen molar-refractivity contribution in [1.29, 1.82) is 0 Å². The summed E-state index contributed by atoms with van der Waals surface area (Å²) >= 11 is 0. The minimum atomic E-state index is -3.42. The normalized spacial score (nSPS) is 12.5. The van der Waals surface area contributed by atoms with Gasteiger partial charge in [0.2, 0.25) is 15.9 Å². The maximum atomic E-state index is 12.4. The molecule has 0 aliphatic rings. The molecule has 0 aliphatic carbocycles. The zero-order valence-electron chi connectivity index (χ0n) is 18.2. The lowest BCUT2D eigenvalue weighted by molar-refractivity contribution is -0.121. The van der Waals surface area contributed by atoms with Gasteiger partial charge >= 0.3 is 0 Å². The molecular weight excluding hydrogens is 384 g/mol. The van der Waals surface area contributed by atoms with E-state index in [4.69, 9.17) is 0 Å². The first-order chi connectivity index (χ1) is 13.5. The van der Waals surface area contributed by atoms with Crippen molar-refractivity contribution < 1.29 is 13.2 Å². The lowest BCUT2D eigenvalue weighted by atomic mass is 10.00. The number of sulfonamides is 1. The molecule has 158 valence electrons. The van der Waals surface area contributed by atoms with Crippen LogP contribution in [0.15, 0.2) is 36.4 Å². The van der Waals surface area contributed by atoms with Crippen molar-refractivity contribution in [2.45, 2.75) is 53.5 Å². The summed E-state index contributed by atoms with van der Waals surface area (Å²) in [5, 5.41) is 3.02. The SMILES string of the molecule is Cc1ccc([C@@H](C)NC(=O)CCCN(c2ccc(C)c(C)c2)S(C)(=O)=O)c(C)c1. The van der Waals surface area contributed by atoms with Crippen LogP contribution in [0.4, 0.5) is 5.69 Å². The van der Waals surface area contributed by atoms with Crippen LogP contribution in [0.5, 0.6) is 0 Å². The third-order valence-corrected chi connectivity index (χ3v) is 6.41. The molecule has 0 fully saturated rings. The summed E-state index contributed by atoms with van der Waals surface area (Å²) in [5.41, 5.74) is 6.22. The molecule has 0 saturated carbocycles. The molecule has 2 aromatic carbocycles. The van der Waals surface area contributed by atoms with Crippen molar-refractivity contribution in [3.8, 4) is 0 Å². The Kier molecular flexibility index (Phi) is 7.47. The van der Waals surface area contributed by atoms with Gasteiger partial charge in [0.05, 0.1) is 18.0 Å². The van der Waals surface area contributed by atoms with E-state index in [1.54, 1.807) is 0 Å². The summed E-state index contributed by atoms with van der Waals surface area (Å²) in [5.74, 6) is -0.0778. The van der Waals surface area contributed by atoms with Gasteiger partial charge in [-0.15, -0.1) is 0 Å². The van der Waals surface area contributed by atoms with Gasteiger partial charge in [0.15, 0.2) is 0 Å². The maximum Gasteiger partial charge on any atom is 0.232 e. The van der Waals surface area contributed by atoms with E-state index >= 15 is 0 Å². The Morgan fingerprint density at radius 2 is 1.69 bits per heavy atom. The van der Waals surface area contributed by atoms with Crippen LogP contribution in [0.2, 0.25) is 0 Å². The van der Waals surface area contributed by atoms with Crippen LogP contribution >= 0.6 is 0 Å². The second-order valence-electron chi connectivity index (χ2n) is 7.86. The van der Waals surface area contributed by atoms with E-state index in [0.717, 1.165) is 22.3 Å². The van der Waals surface area contributed by atoms with E-state index in [0.29, 0.717) is 12.1 Å². The molecule has 1 amide bonds. The van der Waals surface area contributed by atoms with Crippen molar-refractivity contribution in [2.75, 3.05) is 17.1 Å². The number of carbonyl (C=O) groups excluding carboxylic acids is 1. The molecule has 0 radical (unpaired) electrons. The molecule has 1 N–H and O–H groups in total. The summed E-state index contributed by atoms with van der Waals surface area (Å²) in [4.78, 5) is 12.4. The number of nitrogens with zero attached hydrogens (tertiary/aromatic N) is 1. The van der Waals surface area contributed by atoms with E-state index in [1.165, 1.54) is 16.1 Å². The van der Waals surface area contributed by atoms with Crippen LogP contribution in [-0.4, -0.2) is 27.1 Å². The standard InChI is InChI=1S/C23H32N2O3S/c1-16-9-12-22(19(4)14-16)20(5)24-23(26)8-7-13-25(29(6,27)28)21-11-10-17(2)18(3)15-21/h9-12,14-15,20H,7-8,13H2,1-6H3,(H,24,26)/t20-/m1/s1. The zero-order valence-corrected chi connectivity index (χ0v) is 19.1. The quantitative estimate of drug-likeness (QED) is 0.696. The molecule has 29 heavy (non-hydrogen) atoms. The predicted octanol–water partition coefficient (Wildman–Crippen LogP) is 4.34. The average molecular weight is 417 g/mol. The first-order valence-electron chi connectivity index (χ1n) is 9.90. The Morgan fingerprint density at radius 3 is 2.28 bits per heavy atom. The van der Waals surface area contributed by atoms with Crippen LogP contribution in [-0.2, 0) is 14.8 Å². The number of hydrogen-bond donors (Lipinski definition) is 1. The van der Waals surface area contributed by atoms with Gasteiger partial charge in [0.1, 0.15) is 0 Å². The highest BCUT2D eigenvalue weighted by Gasteiger charge is 2.18. The molecule has 5 nitrogen and oxygen atoms in total. The number of benzene rings is 2. The van der Waals surface area contributed by atoms with Gasteiger partial charge < -0.3 is 5.32 Å². The van der Waals surface area contributed by atoms with E-state index in [2.05, 4.69) is 11.4 Å². The second-order valence-corrected chi connectivity index (χ2v) is 9.76. The smallest absolute Gasteiger partial charge is 0.232 e. The lowest BCUT2D eigenvalue weighted by Gasteiger charge is -2.23. The lowest BCUT2D eigenvalue weighted by Crippen LogP contribution is -2.32. The minimum Gasteiger partial charge on any atom is -0.350 e. The van der Waals surface area contributed by atoms with Crippen molar-refractivity contribution >= 4 is 21.6 Å². The first-order valence-corrected chi connectivity index (χ1v) is 11.8. The van der Waals surface area contributed by atoms with Crippen LogP contribution < -0.4 is 9.62 Å². The summed E-state index contributed by atoms with van der Waals surface area (Å²) in [7, 11) is -3.42. The zero-order chi connectivity index (χ0) is 21.8. The summed E-state index contributed by atoms with van der Waals surface area (Å²) in [6.45, 7) is 10.3. The number of hydrogen-bond acceptors (Lipinski definition) is 3. The molecule has 1 atom stereocenters. The van der Waals surface area contributed by atoms with Crippen molar-refractivity contribution in [1.82, 2.24) is 5.32 Å². The van der Waals surface area contributed by atoms with Gasteiger partial charge in [-0.3, -0.25) is 9.10 Å². The molecule has 2 aromatic rings. The van der Waals surface area contributed by atoms with Crippen LogP contribution in [0.25, 0.3) is 0 Å². The van der Waals surface area contributed by atoms with E-state index in [1.807, 2.05) is 65.0 Å². The Hall–Kier alpha value is -2.34. The van der Waals surface area contributed by atoms with Gasteiger partial charge in [-0.2, -0.15) is 0 Å². The number of rotatable bonds is 8. The van der Waals surface area contributed by atoms with Gasteiger partial charge in [0, 0.05) is 13.0 Å². The summed E-state index contributed by atoms with van der Waals surface area (Å²) in [6.07, 6.45) is 1.92. The fourth-order valence-corrected chi connectivity index (χ4v) is 4.41. The molecule has 0 unspecified atom stereocenters. The van der Waals surface area contributed by atoms with E-state index in [-0.39, 0.29) is 24.9 Å². The van der Waals surface area contributed by atoms with Crippen molar-refractivity contribution in [3.05, 3.63) is 64.2 Å². The van der Waals surface area contributed by atoms with Gasteiger partial charge in [-0.1, -0.05) is 29.8 Å². The Labute approximate surface area is 175 Å². The van der Waals surface area contributed by atoms with Crippen molar-refractivity contribution in [2.24, 2.45) is 0 Å². The number of anilines is 1. The Morgan fingerprint density at radius 1 is 1.00 bits per heavy atom. The highest BCUT2D eigenvalue weighted by atomic mass is 32.2. The minimum absolute atomic E-state index is 0.0778. The topological polar surface area (TPSA) is 66.5 Å². The monoisotopic (exact) mass is 416 g/mol. The molecule has 0 spiro atoms. The van der Waals surface area contributed by atoms with Gasteiger partial charge in [-0.25, -0.2) is 8.42 Å².